The van der Waals surface area contributed by atoms with Crippen LogP contribution in [-0.2, 0) is 10.0 Å². The summed E-state index contributed by atoms with van der Waals surface area (Å²) in [4.78, 5) is 0. The molecule has 0 unspecified atom stereocenters. The Morgan fingerprint density at radius 3 is 2.55 bits per heavy atom. The summed E-state index contributed by atoms with van der Waals surface area (Å²) < 4.78 is 46.8. The molecule has 0 bridgehead atoms. The molecule has 158 valence electrons. The second kappa shape index (κ2) is 9.02. The molecule has 0 fully saturated rings. The summed E-state index contributed by atoms with van der Waals surface area (Å²) in [7, 11) is -3.59. The standard InChI is InChI=1S/C21H18FN5O3S/c22-18-8-6-17(7-9-18)21-25-24-19-10-11-20(26-27(19)21)30-14-13-23-31(28,29)15-12-16-4-2-1-3-5-16/h1-12,15,23H,13-14H2/b15-12+. The van der Waals surface area contributed by atoms with Crippen molar-refractivity contribution in [3.63, 3.8) is 0 Å². The lowest BCUT2D eigenvalue weighted by Gasteiger charge is -2.07. The topological polar surface area (TPSA) is 98.5 Å². The molecule has 0 saturated carbocycles. The lowest BCUT2D eigenvalue weighted by atomic mass is 10.2. The van der Waals surface area contributed by atoms with Crippen molar-refractivity contribution in [1.82, 2.24) is 24.5 Å². The quantitative estimate of drug-likeness (QED) is 0.424. The van der Waals surface area contributed by atoms with E-state index < -0.39 is 10.0 Å². The summed E-state index contributed by atoms with van der Waals surface area (Å²) in [5.41, 5.74) is 1.93. The van der Waals surface area contributed by atoms with Gasteiger partial charge in [0.05, 0.1) is 0 Å². The highest BCUT2D eigenvalue weighted by molar-refractivity contribution is 7.92. The van der Waals surface area contributed by atoms with Gasteiger partial charge in [-0.05, 0) is 42.0 Å². The van der Waals surface area contributed by atoms with E-state index in [2.05, 4.69) is 20.0 Å². The monoisotopic (exact) mass is 439 g/mol. The van der Waals surface area contributed by atoms with Crippen molar-refractivity contribution in [1.29, 1.82) is 0 Å². The molecule has 0 aliphatic heterocycles. The average Bonchev–Trinajstić information content (AvgIpc) is 3.20. The van der Waals surface area contributed by atoms with Crippen molar-refractivity contribution in [2.75, 3.05) is 13.2 Å². The number of nitrogens with one attached hydrogen (secondary N) is 1. The van der Waals surface area contributed by atoms with Gasteiger partial charge in [0.25, 0.3) is 0 Å². The minimum atomic E-state index is -3.59. The van der Waals surface area contributed by atoms with E-state index in [1.807, 2.05) is 30.3 Å². The number of rotatable bonds is 8. The third-order valence-electron chi connectivity index (χ3n) is 4.24. The predicted molar refractivity (Wildman–Crippen MR) is 114 cm³/mol. The van der Waals surface area contributed by atoms with Gasteiger partial charge in [-0.25, -0.2) is 17.5 Å². The number of hydrogen-bond acceptors (Lipinski definition) is 6. The Balaban J connectivity index is 1.37. The van der Waals surface area contributed by atoms with Crippen molar-refractivity contribution in [2.45, 2.75) is 0 Å². The summed E-state index contributed by atoms with van der Waals surface area (Å²) >= 11 is 0. The highest BCUT2D eigenvalue weighted by Gasteiger charge is 2.11. The van der Waals surface area contributed by atoms with E-state index in [1.54, 1.807) is 24.3 Å². The van der Waals surface area contributed by atoms with E-state index in [0.29, 0.717) is 17.0 Å². The Morgan fingerprint density at radius 1 is 1.00 bits per heavy atom. The number of hydrogen-bond donors (Lipinski definition) is 1. The minimum Gasteiger partial charge on any atom is -0.475 e. The normalized spacial score (nSPS) is 11.9. The molecule has 0 saturated heterocycles. The molecule has 4 aromatic rings. The van der Waals surface area contributed by atoms with Crippen molar-refractivity contribution in [3.8, 4) is 17.3 Å². The highest BCUT2D eigenvalue weighted by atomic mass is 32.2. The van der Waals surface area contributed by atoms with Crippen LogP contribution in [0.25, 0.3) is 23.1 Å². The maximum atomic E-state index is 13.2. The number of sulfonamides is 1. The number of halogens is 1. The molecule has 4 rings (SSSR count). The number of nitrogens with zero attached hydrogens (tertiary/aromatic N) is 4. The Labute approximate surface area is 178 Å². The van der Waals surface area contributed by atoms with Crippen LogP contribution in [0.5, 0.6) is 5.88 Å². The van der Waals surface area contributed by atoms with Crippen LogP contribution in [0.2, 0.25) is 0 Å². The van der Waals surface area contributed by atoms with Crippen molar-refractivity contribution >= 4 is 21.7 Å². The molecule has 8 nitrogen and oxygen atoms in total. The SMILES string of the molecule is O=S(=O)(/C=C/c1ccccc1)NCCOc1ccc2nnc(-c3ccc(F)cc3)n2n1. The summed E-state index contributed by atoms with van der Waals surface area (Å²) in [6.07, 6.45) is 1.52. The van der Waals surface area contributed by atoms with E-state index >= 15 is 0 Å². The molecule has 10 heteroatoms. The molecule has 0 aliphatic carbocycles. The van der Waals surface area contributed by atoms with E-state index in [0.717, 1.165) is 11.0 Å². The maximum absolute atomic E-state index is 13.2. The van der Waals surface area contributed by atoms with Crippen LogP contribution < -0.4 is 9.46 Å². The summed E-state index contributed by atoms with van der Waals surface area (Å²) in [5.74, 6) is 0.359. The van der Waals surface area contributed by atoms with Crippen LogP contribution in [0, 0.1) is 5.82 Å². The Kier molecular flexibility index (Phi) is 6.01. The first-order chi connectivity index (χ1) is 15.0. The lowest BCUT2D eigenvalue weighted by Crippen LogP contribution is -2.26. The molecule has 0 aliphatic rings. The largest absolute Gasteiger partial charge is 0.475 e. The number of benzene rings is 2. The van der Waals surface area contributed by atoms with Gasteiger partial charge in [0.2, 0.25) is 15.9 Å². The van der Waals surface area contributed by atoms with Crippen molar-refractivity contribution in [2.24, 2.45) is 0 Å². The van der Waals surface area contributed by atoms with E-state index in [9.17, 15) is 12.8 Å². The summed E-state index contributed by atoms with van der Waals surface area (Å²) in [6, 6.07) is 18.2. The van der Waals surface area contributed by atoms with Gasteiger partial charge in [-0.3, -0.25) is 0 Å². The van der Waals surface area contributed by atoms with Gasteiger partial charge in [0.1, 0.15) is 12.4 Å². The fourth-order valence-electron chi connectivity index (χ4n) is 2.75. The fourth-order valence-corrected chi connectivity index (χ4v) is 3.55. The highest BCUT2D eigenvalue weighted by Crippen LogP contribution is 2.19. The molecule has 2 heterocycles. The van der Waals surface area contributed by atoms with E-state index in [1.165, 1.54) is 22.7 Å². The maximum Gasteiger partial charge on any atom is 0.233 e. The van der Waals surface area contributed by atoms with Crippen LogP contribution in [0.1, 0.15) is 5.56 Å². The van der Waals surface area contributed by atoms with Crippen LogP contribution in [0.3, 0.4) is 0 Å². The minimum absolute atomic E-state index is 0.0637. The predicted octanol–water partition coefficient (Wildman–Crippen LogP) is 2.90. The van der Waals surface area contributed by atoms with Crippen LogP contribution in [0.4, 0.5) is 4.39 Å². The van der Waals surface area contributed by atoms with Gasteiger partial charge < -0.3 is 4.74 Å². The zero-order valence-electron chi connectivity index (χ0n) is 16.2. The lowest BCUT2D eigenvalue weighted by molar-refractivity contribution is 0.306. The van der Waals surface area contributed by atoms with Gasteiger partial charge in [-0.2, -0.15) is 4.52 Å². The van der Waals surface area contributed by atoms with Gasteiger partial charge in [0, 0.05) is 23.6 Å². The van der Waals surface area contributed by atoms with Crippen molar-refractivity contribution in [3.05, 3.63) is 83.5 Å². The van der Waals surface area contributed by atoms with Gasteiger partial charge in [-0.1, -0.05) is 30.3 Å². The van der Waals surface area contributed by atoms with Gasteiger partial charge in [-0.15, -0.1) is 15.3 Å². The molecule has 2 aromatic heterocycles. The Bertz CT molecular complexity index is 1310. The van der Waals surface area contributed by atoms with Crippen LogP contribution >= 0.6 is 0 Å². The van der Waals surface area contributed by atoms with Crippen LogP contribution in [0.15, 0.2) is 72.1 Å². The van der Waals surface area contributed by atoms with E-state index in [4.69, 9.17) is 4.74 Å². The first kappa shape index (κ1) is 20.6. The second-order valence-corrected chi connectivity index (χ2v) is 8.12. The molecule has 0 atom stereocenters. The Morgan fingerprint density at radius 2 is 1.77 bits per heavy atom. The number of ether oxygens (including phenoxy) is 1. The molecular weight excluding hydrogens is 421 g/mol. The van der Waals surface area contributed by atoms with Crippen molar-refractivity contribution < 1.29 is 17.5 Å². The molecule has 0 spiro atoms. The molecule has 1 N–H and O–H groups in total. The number of aromatic nitrogens is 4. The van der Waals surface area contributed by atoms with Gasteiger partial charge in [0.15, 0.2) is 11.5 Å². The first-order valence-corrected chi connectivity index (χ1v) is 10.9. The van der Waals surface area contributed by atoms with E-state index in [-0.39, 0.29) is 24.8 Å². The smallest absolute Gasteiger partial charge is 0.233 e. The second-order valence-electron chi connectivity index (χ2n) is 6.47. The summed E-state index contributed by atoms with van der Waals surface area (Å²) in [5, 5.41) is 13.6. The third-order valence-corrected chi connectivity index (χ3v) is 5.34. The molecular formula is C21H18FN5O3S. The number of fused-ring (bicyclic) bond motifs is 1. The Hall–Kier alpha value is -3.63. The molecule has 31 heavy (non-hydrogen) atoms. The van der Waals surface area contributed by atoms with Gasteiger partial charge >= 0.3 is 0 Å². The van der Waals surface area contributed by atoms with Crippen LogP contribution in [-0.4, -0.2) is 41.4 Å². The first-order valence-electron chi connectivity index (χ1n) is 9.34. The molecule has 0 amide bonds. The molecule has 0 radical (unpaired) electrons. The summed E-state index contributed by atoms with van der Waals surface area (Å²) in [6.45, 7) is 0.138. The third kappa shape index (κ3) is 5.30. The zero-order chi connectivity index (χ0) is 21.7. The molecule has 2 aromatic carbocycles. The fraction of sp³-hybridized carbons (Fsp3) is 0.0952. The zero-order valence-corrected chi connectivity index (χ0v) is 17.0. The average molecular weight is 439 g/mol.